The molecule has 1 atom stereocenters. The van der Waals surface area contributed by atoms with E-state index in [0.717, 1.165) is 5.69 Å². The minimum Gasteiger partial charge on any atom is -0.435 e. The highest BCUT2D eigenvalue weighted by atomic mass is 19.3. The van der Waals surface area contributed by atoms with E-state index in [-0.39, 0.29) is 11.8 Å². The van der Waals surface area contributed by atoms with Crippen molar-refractivity contribution in [2.24, 2.45) is 0 Å². The zero-order valence-corrected chi connectivity index (χ0v) is 11.4. The van der Waals surface area contributed by atoms with Crippen LogP contribution >= 0.6 is 0 Å². The molecule has 2 aromatic rings. The summed E-state index contributed by atoms with van der Waals surface area (Å²) < 4.78 is 28.4. The summed E-state index contributed by atoms with van der Waals surface area (Å²) in [6.07, 6.45) is 0. The number of benzene rings is 2. The SMILES string of the molecule is Cc1ccccc1C(C)Nc1ccc(OC(F)F)cc1. The lowest BCUT2D eigenvalue weighted by Crippen LogP contribution is -2.08. The van der Waals surface area contributed by atoms with Crippen LogP contribution in [0.25, 0.3) is 0 Å². The Kier molecular flexibility index (Phi) is 4.56. The first-order valence-corrected chi connectivity index (χ1v) is 6.43. The average molecular weight is 277 g/mol. The van der Waals surface area contributed by atoms with Gasteiger partial charge in [-0.1, -0.05) is 24.3 Å². The molecule has 0 radical (unpaired) electrons. The van der Waals surface area contributed by atoms with Crippen LogP contribution in [0.2, 0.25) is 0 Å². The number of hydrogen-bond acceptors (Lipinski definition) is 2. The highest BCUT2D eigenvalue weighted by Gasteiger charge is 2.08. The molecule has 2 aromatic carbocycles. The van der Waals surface area contributed by atoms with Crippen molar-refractivity contribution < 1.29 is 13.5 Å². The third-order valence-corrected chi connectivity index (χ3v) is 3.12. The monoisotopic (exact) mass is 277 g/mol. The van der Waals surface area contributed by atoms with Crippen molar-refractivity contribution in [3.8, 4) is 5.75 Å². The van der Waals surface area contributed by atoms with E-state index in [2.05, 4.69) is 36.0 Å². The Morgan fingerprint density at radius 2 is 1.65 bits per heavy atom. The van der Waals surface area contributed by atoms with E-state index in [4.69, 9.17) is 0 Å². The Balaban J connectivity index is 2.05. The van der Waals surface area contributed by atoms with E-state index in [9.17, 15) is 8.78 Å². The first-order chi connectivity index (χ1) is 9.56. The summed E-state index contributed by atoms with van der Waals surface area (Å²) in [6.45, 7) is 1.33. The van der Waals surface area contributed by atoms with Gasteiger partial charge < -0.3 is 10.1 Å². The fourth-order valence-corrected chi connectivity index (χ4v) is 2.13. The van der Waals surface area contributed by atoms with Crippen LogP contribution in [0.15, 0.2) is 48.5 Å². The van der Waals surface area contributed by atoms with Gasteiger partial charge in [-0.15, -0.1) is 0 Å². The van der Waals surface area contributed by atoms with E-state index >= 15 is 0 Å². The molecule has 0 bridgehead atoms. The molecule has 0 amide bonds. The number of anilines is 1. The second-order valence-electron chi connectivity index (χ2n) is 4.63. The Morgan fingerprint density at radius 3 is 2.25 bits per heavy atom. The molecule has 20 heavy (non-hydrogen) atoms. The van der Waals surface area contributed by atoms with E-state index in [1.807, 2.05) is 12.1 Å². The van der Waals surface area contributed by atoms with Gasteiger partial charge in [0.15, 0.2) is 0 Å². The fourth-order valence-electron chi connectivity index (χ4n) is 2.13. The lowest BCUT2D eigenvalue weighted by atomic mass is 10.0. The second kappa shape index (κ2) is 6.37. The molecule has 0 saturated carbocycles. The van der Waals surface area contributed by atoms with Crippen molar-refractivity contribution >= 4 is 5.69 Å². The van der Waals surface area contributed by atoms with Gasteiger partial charge >= 0.3 is 6.61 Å². The topological polar surface area (TPSA) is 21.3 Å². The van der Waals surface area contributed by atoms with Crippen LogP contribution in [-0.4, -0.2) is 6.61 Å². The van der Waals surface area contributed by atoms with E-state index in [1.165, 1.54) is 23.3 Å². The highest BCUT2D eigenvalue weighted by Crippen LogP contribution is 2.24. The fraction of sp³-hybridized carbons (Fsp3) is 0.250. The van der Waals surface area contributed by atoms with Crippen molar-refractivity contribution in [2.45, 2.75) is 26.5 Å². The van der Waals surface area contributed by atoms with Crippen molar-refractivity contribution in [2.75, 3.05) is 5.32 Å². The van der Waals surface area contributed by atoms with Crippen LogP contribution in [0.5, 0.6) is 5.75 Å². The zero-order valence-electron chi connectivity index (χ0n) is 11.4. The highest BCUT2D eigenvalue weighted by molar-refractivity contribution is 5.48. The van der Waals surface area contributed by atoms with Crippen LogP contribution < -0.4 is 10.1 Å². The van der Waals surface area contributed by atoms with Crippen molar-refractivity contribution in [3.63, 3.8) is 0 Å². The molecule has 0 aliphatic heterocycles. The first-order valence-electron chi connectivity index (χ1n) is 6.43. The zero-order chi connectivity index (χ0) is 14.5. The van der Waals surface area contributed by atoms with Crippen LogP contribution in [0, 0.1) is 6.92 Å². The number of hydrogen-bond donors (Lipinski definition) is 1. The molecule has 1 unspecified atom stereocenters. The van der Waals surface area contributed by atoms with Crippen LogP contribution in [0.3, 0.4) is 0 Å². The van der Waals surface area contributed by atoms with Crippen LogP contribution in [-0.2, 0) is 0 Å². The Bertz CT molecular complexity index is 555. The molecule has 1 N–H and O–H groups in total. The summed E-state index contributed by atoms with van der Waals surface area (Å²) in [7, 11) is 0. The summed E-state index contributed by atoms with van der Waals surface area (Å²) >= 11 is 0. The molecule has 4 heteroatoms. The summed E-state index contributed by atoms with van der Waals surface area (Å²) in [5.41, 5.74) is 3.29. The van der Waals surface area contributed by atoms with Gasteiger partial charge in [-0.2, -0.15) is 8.78 Å². The number of rotatable bonds is 5. The first kappa shape index (κ1) is 14.3. The molecular weight excluding hydrogens is 260 g/mol. The number of halogens is 2. The maximum Gasteiger partial charge on any atom is 0.387 e. The molecule has 0 aromatic heterocycles. The van der Waals surface area contributed by atoms with Gasteiger partial charge in [0.1, 0.15) is 5.75 Å². The minimum absolute atomic E-state index is 0.137. The number of aryl methyl sites for hydroxylation is 1. The normalized spacial score (nSPS) is 12.2. The van der Waals surface area contributed by atoms with Gasteiger partial charge in [0.2, 0.25) is 0 Å². The number of ether oxygens (including phenoxy) is 1. The molecule has 0 spiro atoms. The van der Waals surface area contributed by atoms with Crippen molar-refractivity contribution in [1.82, 2.24) is 0 Å². The largest absolute Gasteiger partial charge is 0.435 e. The van der Waals surface area contributed by atoms with Crippen molar-refractivity contribution in [1.29, 1.82) is 0 Å². The third kappa shape index (κ3) is 3.70. The maximum atomic E-state index is 12.1. The number of alkyl halides is 2. The smallest absolute Gasteiger partial charge is 0.387 e. The lowest BCUT2D eigenvalue weighted by Gasteiger charge is -2.18. The van der Waals surface area contributed by atoms with Gasteiger partial charge in [0.25, 0.3) is 0 Å². The summed E-state index contributed by atoms with van der Waals surface area (Å²) in [5.74, 6) is 0.161. The minimum atomic E-state index is -2.79. The molecule has 106 valence electrons. The van der Waals surface area contributed by atoms with Gasteiger partial charge in [-0.3, -0.25) is 0 Å². The van der Waals surface area contributed by atoms with Crippen LogP contribution in [0.4, 0.5) is 14.5 Å². The predicted molar refractivity (Wildman–Crippen MR) is 76.3 cm³/mol. The summed E-state index contributed by atoms with van der Waals surface area (Å²) in [6, 6.07) is 14.8. The molecule has 0 fully saturated rings. The predicted octanol–water partition coefficient (Wildman–Crippen LogP) is 4.77. The molecule has 0 aliphatic rings. The van der Waals surface area contributed by atoms with Gasteiger partial charge in [0.05, 0.1) is 0 Å². The maximum absolute atomic E-state index is 12.1. The molecular formula is C16H17F2NO. The van der Waals surface area contributed by atoms with Gasteiger partial charge in [-0.05, 0) is 49.2 Å². The summed E-state index contributed by atoms with van der Waals surface area (Å²) in [5, 5.41) is 3.34. The second-order valence-corrected chi connectivity index (χ2v) is 4.63. The third-order valence-electron chi connectivity index (χ3n) is 3.12. The van der Waals surface area contributed by atoms with Crippen LogP contribution in [0.1, 0.15) is 24.1 Å². The number of nitrogens with one attached hydrogen (secondary N) is 1. The Hall–Kier alpha value is -2.10. The standard InChI is InChI=1S/C16H17F2NO/c1-11-5-3-4-6-15(11)12(2)19-13-7-9-14(10-8-13)20-16(17)18/h3-10,12,16,19H,1-2H3. The average Bonchev–Trinajstić information content (AvgIpc) is 2.41. The molecule has 0 saturated heterocycles. The molecule has 0 heterocycles. The Labute approximate surface area is 117 Å². The lowest BCUT2D eigenvalue weighted by molar-refractivity contribution is -0.0498. The van der Waals surface area contributed by atoms with E-state index in [1.54, 1.807) is 12.1 Å². The van der Waals surface area contributed by atoms with E-state index in [0.29, 0.717) is 0 Å². The molecule has 2 rings (SSSR count). The Morgan fingerprint density at radius 1 is 1.00 bits per heavy atom. The molecule has 2 nitrogen and oxygen atoms in total. The van der Waals surface area contributed by atoms with Gasteiger partial charge in [-0.25, -0.2) is 0 Å². The summed E-state index contributed by atoms with van der Waals surface area (Å²) in [4.78, 5) is 0. The quantitative estimate of drug-likeness (QED) is 0.850. The van der Waals surface area contributed by atoms with Crippen molar-refractivity contribution in [3.05, 3.63) is 59.7 Å². The molecule has 0 aliphatic carbocycles. The van der Waals surface area contributed by atoms with E-state index < -0.39 is 6.61 Å². The van der Waals surface area contributed by atoms with Gasteiger partial charge in [0, 0.05) is 11.7 Å².